The number of hydrogen-bond donors (Lipinski definition) is 1. The quantitative estimate of drug-likeness (QED) is 0.903. The van der Waals surface area contributed by atoms with Gasteiger partial charge in [-0.25, -0.2) is 0 Å². The number of aromatic nitrogens is 2. The van der Waals surface area contributed by atoms with Crippen molar-refractivity contribution in [3.05, 3.63) is 17.8 Å². The molecule has 1 aliphatic heterocycles. The molecule has 4 nitrogen and oxygen atoms in total. The molecule has 1 aromatic rings. The molecule has 0 aromatic carbocycles. The summed E-state index contributed by atoms with van der Waals surface area (Å²) in [6.45, 7) is 4.28. The van der Waals surface area contributed by atoms with Crippen LogP contribution in [0.15, 0.2) is 12.1 Å². The second-order valence-electron chi connectivity index (χ2n) is 5.93. The molecule has 2 heterocycles. The lowest BCUT2D eigenvalue weighted by Crippen LogP contribution is -2.33. The third-order valence-corrected chi connectivity index (χ3v) is 4.20. The zero-order chi connectivity index (χ0) is 13.1. The Bertz CT molecular complexity index is 399. The van der Waals surface area contributed by atoms with Gasteiger partial charge in [-0.1, -0.05) is 12.8 Å². The van der Waals surface area contributed by atoms with Gasteiger partial charge in [-0.3, -0.25) is 0 Å². The molecule has 1 aromatic heterocycles. The van der Waals surface area contributed by atoms with Gasteiger partial charge in [-0.2, -0.15) is 5.10 Å². The highest BCUT2D eigenvalue weighted by Crippen LogP contribution is 2.22. The second-order valence-corrected chi connectivity index (χ2v) is 5.93. The molecule has 2 aliphatic rings. The molecule has 0 amide bonds. The van der Waals surface area contributed by atoms with Crippen molar-refractivity contribution in [2.45, 2.75) is 64.1 Å². The third kappa shape index (κ3) is 3.44. The van der Waals surface area contributed by atoms with Gasteiger partial charge in [0.05, 0.1) is 5.69 Å². The lowest BCUT2D eigenvalue weighted by Gasteiger charge is -2.27. The molecule has 1 N–H and O–H groups in total. The summed E-state index contributed by atoms with van der Waals surface area (Å²) >= 11 is 0. The minimum Gasteiger partial charge on any atom is -0.352 e. The SMILES string of the molecule is CC1CCCCCN1c1ccc(CNC2CC2)nn1. The predicted octanol–water partition coefficient (Wildman–Crippen LogP) is 2.50. The molecule has 104 valence electrons. The average Bonchev–Trinajstić information content (AvgIpc) is 3.25. The first-order chi connectivity index (χ1) is 9.33. The first-order valence-electron chi connectivity index (χ1n) is 7.65. The van der Waals surface area contributed by atoms with E-state index < -0.39 is 0 Å². The monoisotopic (exact) mass is 260 g/mol. The van der Waals surface area contributed by atoms with Crippen LogP contribution in [0, 0.1) is 0 Å². The normalized spacial score (nSPS) is 24.3. The molecule has 1 atom stereocenters. The predicted molar refractivity (Wildman–Crippen MR) is 77.2 cm³/mol. The van der Waals surface area contributed by atoms with Crippen LogP contribution in [0.2, 0.25) is 0 Å². The van der Waals surface area contributed by atoms with Crippen LogP contribution < -0.4 is 10.2 Å². The van der Waals surface area contributed by atoms with Gasteiger partial charge in [0.15, 0.2) is 5.82 Å². The Labute approximate surface area is 115 Å². The summed E-state index contributed by atoms with van der Waals surface area (Å²) in [5.74, 6) is 1.05. The largest absolute Gasteiger partial charge is 0.352 e. The summed E-state index contributed by atoms with van der Waals surface area (Å²) in [4.78, 5) is 2.41. The van der Waals surface area contributed by atoms with E-state index in [1.54, 1.807) is 0 Å². The van der Waals surface area contributed by atoms with Crippen LogP contribution >= 0.6 is 0 Å². The molecule has 4 heteroatoms. The highest BCUT2D eigenvalue weighted by atomic mass is 15.3. The van der Waals surface area contributed by atoms with Crippen molar-refractivity contribution in [3.63, 3.8) is 0 Å². The molecule has 0 spiro atoms. The van der Waals surface area contributed by atoms with Gasteiger partial charge in [0.2, 0.25) is 0 Å². The molecule has 0 bridgehead atoms. The van der Waals surface area contributed by atoms with E-state index in [4.69, 9.17) is 0 Å². The minimum absolute atomic E-state index is 0.590. The Hall–Kier alpha value is -1.16. The van der Waals surface area contributed by atoms with E-state index in [9.17, 15) is 0 Å². The van der Waals surface area contributed by atoms with Gasteiger partial charge >= 0.3 is 0 Å². The molecule has 2 fully saturated rings. The van der Waals surface area contributed by atoms with Crippen LogP contribution in [0.1, 0.15) is 51.1 Å². The minimum atomic E-state index is 0.590. The smallest absolute Gasteiger partial charge is 0.151 e. The van der Waals surface area contributed by atoms with Crippen molar-refractivity contribution >= 4 is 5.82 Å². The number of rotatable bonds is 4. The Balaban J connectivity index is 1.62. The van der Waals surface area contributed by atoms with Gasteiger partial charge in [0, 0.05) is 25.2 Å². The van der Waals surface area contributed by atoms with Crippen LogP contribution in [0.3, 0.4) is 0 Å². The number of nitrogens with one attached hydrogen (secondary N) is 1. The Morgan fingerprint density at radius 2 is 2.05 bits per heavy atom. The van der Waals surface area contributed by atoms with E-state index in [-0.39, 0.29) is 0 Å². The van der Waals surface area contributed by atoms with Crippen LogP contribution in [-0.2, 0) is 6.54 Å². The number of hydrogen-bond acceptors (Lipinski definition) is 4. The first-order valence-corrected chi connectivity index (χ1v) is 7.65. The molecule has 0 radical (unpaired) electrons. The summed E-state index contributed by atoms with van der Waals surface area (Å²) in [5.41, 5.74) is 1.05. The average molecular weight is 260 g/mol. The molecular weight excluding hydrogens is 236 g/mol. The molecule has 1 aliphatic carbocycles. The van der Waals surface area contributed by atoms with Crippen molar-refractivity contribution in [2.75, 3.05) is 11.4 Å². The van der Waals surface area contributed by atoms with E-state index >= 15 is 0 Å². The van der Waals surface area contributed by atoms with Gasteiger partial charge < -0.3 is 10.2 Å². The van der Waals surface area contributed by atoms with E-state index in [2.05, 4.69) is 39.5 Å². The van der Waals surface area contributed by atoms with Gasteiger partial charge in [-0.15, -0.1) is 5.10 Å². The van der Waals surface area contributed by atoms with Crippen molar-refractivity contribution in [3.8, 4) is 0 Å². The van der Waals surface area contributed by atoms with Gasteiger partial charge in [0.1, 0.15) is 0 Å². The van der Waals surface area contributed by atoms with E-state index in [0.29, 0.717) is 6.04 Å². The van der Waals surface area contributed by atoms with Crippen LogP contribution in [0.25, 0.3) is 0 Å². The highest BCUT2D eigenvalue weighted by molar-refractivity contribution is 5.38. The lowest BCUT2D eigenvalue weighted by molar-refractivity contribution is 0.605. The van der Waals surface area contributed by atoms with E-state index in [0.717, 1.165) is 30.6 Å². The fraction of sp³-hybridized carbons (Fsp3) is 0.733. The van der Waals surface area contributed by atoms with Crippen molar-refractivity contribution in [2.24, 2.45) is 0 Å². The zero-order valence-electron chi connectivity index (χ0n) is 11.8. The molecule has 3 rings (SSSR count). The van der Waals surface area contributed by atoms with Crippen LogP contribution in [0.5, 0.6) is 0 Å². The molecule has 1 unspecified atom stereocenters. The summed E-state index contributed by atoms with van der Waals surface area (Å²) in [5, 5.41) is 12.3. The van der Waals surface area contributed by atoms with Crippen molar-refractivity contribution < 1.29 is 0 Å². The topological polar surface area (TPSA) is 41.0 Å². The Morgan fingerprint density at radius 1 is 1.16 bits per heavy atom. The molecule has 19 heavy (non-hydrogen) atoms. The third-order valence-electron chi connectivity index (χ3n) is 4.20. The maximum atomic E-state index is 4.43. The second kappa shape index (κ2) is 5.87. The van der Waals surface area contributed by atoms with Gasteiger partial charge in [0.25, 0.3) is 0 Å². The molecular formula is C15H24N4. The van der Waals surface area contributed by atoms with Crippen molar-refractivity contribution in [1.82, 2.24) is 15.5 Å². The van der Waals surface area contributed by atoms with E-state index in [1.807, 2.05) is 0 Å². The summed E-state index contributed by atoms with van der Waals surface area (Å²) in [7, 11) is 0. The maximum Gasteiger partial charge on any atom is 0.151 e. The number of anilines is 1. The zero-order valence-corrected chi connectivity index (χ0v) is 11.8. The maximum absolute atomic E-state index is 4.43. The standard InChI is InChI=1S/C15H24N4/c1-12-5-3-2-4-10-19(12)15-9-8-14(17-18-15)11-16-13-6-7-13/h8-9,12-13,16H,2-7,10-11H2,1H3. The Kier molecular flexibility index (Phi) is 3.97. The fourth-order valence-electron chi connectivity index (χ4n) is 2.75. The highest BCUT2D eigenvalue weighted by Gasteiger charge is 2.21. The summed E-state index contributed by atoms with van der Waals surface area (Å²) < 4.78 is 0. The van der Waals surface area contributed by atoms with Crippen LogP contribution in [0.4, 0.5) is 5.82 Å². The Morgan fingerprint density at radius 3 is 2.79 bits per heavy atom. The van der Waals surface area contributed by atoms with E-state index in [1.165, 1.54) is 38.5 Å². The fourth-order valence-corrected chi connectivity index (χ4v) is 2.75. The van der Waals surface area contributed by atoms with Gasteiger partial charge in [-0.05, 0) is 44.7 Å². The summed E-state index contributed by atoms with van der Waals surface area (Å²) in [6.07, 6.45) is 7.86. The first kappa shape index (κ1) is 12.9. The molecule has 1 saturated heterocycles. The summed E-state index contributed by atoms with van der Waals surface area (Å²) in [6, 6.07) is 5.58. The molecule has 1 saturated carbocycles. The van der Waals surface area contributed by atoms with Crippen molar-refractivity contribution in [1.29, 1.82) is 0 Å². The lowest BCUT2D eigenvalue weighted by atomic mass is 10.1. The number of nitrogens with zero attached hydrogens (tertiary/aromatic N) is 3. The van der Waals surface area contributed by atoms with Crippen LogP contribution in [-0.4, -0.2) is 28.8 Å².